The molecule has 0 saturated heterocycles. The molecule has 0 aliphatic carbocycles. The zero-order valence-corrected chi connectivity index (χ0v) is 19.2. The van der Waals surface area contributed by atoms with Crippen LogP contribution in [0.1, 0.15) is 5.56 Å². The monoisotopic (exact) mass is 480 g/mol. The molecule has 0 N–H and O–H groups in total. The molecule has 1 aromatic heterocycles. The lowest BCUT2D eigenvalue weighted by Gasteiger charge is -2.19. The summed E-state index contributed by atoms with van der Waals surface area (Å²) in [5, 5.41) is 3.18. The number of sulfone groups is 1. The summed E-state index contributed by atoms with van der Waals surface area (Å²) in [6.45, 7) is 4.00. The van der Waals surface area contributed by atoms with Crippen LogP contribution in [0.3, 0.4) is 0 Å². The van der Waals surface area contributed by atoms with Crippen molar-refractivity contribution in [2.45, 2.75) is 11.3 Å². The summed E-state index contributed by atoms with van der Waals surface area (Å²) in [7, 11) is -3.27. The number of hydrogen-bond donors (Lipinski definition) is 0. The number of nitrogens with zero attached hydrogens (tertiary/aromatic N) is 2. The van der Waals surface area contributed by atoms with E-state index in [1.807, 2.05) is 5.38 Å². The number of anilines is 1. The summed E-state index contributed by atoms with van der Waals surface area (Å²) >= 11 is 13.7. The predicted octanol–water partition coefficient (Wildman–Crippen LogP) is 5.28. The van der Waals surface area contributed by atoms with E-state index < -0.39 is 9.84 Å². The van der Waals surface area contributed by atoms with Gasteiger partial charge in [0, 0.05) is 33.8 Å². The van der Waals surface area contributed by atoms with Gasteiger partial charge in [0.15, 0.2) is 15.0 Å². The lowest BCUT2D eigenvalue weighted by molar-refractivity contribution is -0.117. The maximum Gasteiger partial charge on any atom is 0.233 e. The standard InChI is InChI=1S/C21H18Cl2N2O3S2/c1-3-11-25(20(26)12-16-17(22)5-4-6-18(16)23)21-24-19(13-29-21)14-7-9-15(10-8-14)30(2,27)28/h3-10,13H,1,11-12H2,2H3. The maximum atomic E-state index is 13.0. The number of hydrogen-bond acceptors (Lipinski definition) is 5. The van der Waals surface area contributed by atoms with Crippen LogP contribution in [0, 0.1) is 0 Å². The van der Waals surface area contributed by atoms with Gasteiger partial charge in [-0.3, -0.25) is 9.69 Å². The average molecular weight is 481 g/mol. The number of thiazole rings is 1. The first-order chi connectivity index (χ1) is 14.2. The molecule has 0 saturated carbocycles. The Hall–Kier alpha value is -2.19. The van der Waals surface area contributed by atoms with Crippen LogP contribution in [0.5, 0.6) is 0 Å². The fourth-order valence-electron chi connectivity index (χ4n) is 2.76. The zero-order chi connectivity index (χ0) is 21.9. The zero-order valence-electron chi connectivity index (χ0n) is 16.0. The molecule has 0 spiro atoms. The van der Waals surface area contributed by atoms with Crippen molar-refractivity contribution in [3.8, 4) is 11.3 Å². The summed E-state index contributed by atoms with van der Waals surface area (Å²) in [6, 6.07) is 11.6. The highest BCUT2D eigenvalue weighted by Crippen LogP contribution is 2.30. The third-order valence-corrected chi connectivity index (χ3v) is 7.00. The third kappa shape index (κ3) is 5.10. The second-order valence-electron chi connectivity index (χ2n) is 6.48. The van der Waals surface area contributed by atoms with Gasteiger partial charge < -0.3 is 0 Å². The molecule has 1 heterocycles. The normalized spacial score (nSPS) is 11.3. The highest BCUT2D eigenvalue weighted by molar-refractivity contribution is 7.90. The van der Waals surface area contributed by atoms with Crippen molar-refractivity contribution >= 4 is 55.4 Å². The van der Waals surface area contributed by atoms with Crippen LogP contribution < -0.4 is 4.90 Å². The molecule has 5 nitrogen and oxygen atoms in total. The molecule has 3 aromatic rings. The fraction of sp³-hybridized carbons (Fsp3) is 0.143. The van der Waals surface area contributed by atoms with Gasteiger partial charge in [-0.2, -0.15) is 0 Å². The number of carbonyl (C=O) groups is 1. The van der Waals surface area contributed by atoms with Crippen molar-refractivity contribution in [1.29, 1.82) is 0 Å². The van der Waals surface area contributed by atoms with Crippen molar-refractivity contribution in [3.63, 3.8) is 0 Å². The first-order valence-corrected chi connectivity index (χ1v) is 12.3. The van der Waals surface area contributed by atoms with Crippen molar-refractivity contribution < 1.29 is 13.2 Å². The van der Waals surface area contributed by atoms with E-state index >= 15 is 0 Å². The van der Waals surface area contributed by atoms with Crippen LogP contribution >= 0.6 is 34.5 Å². The largest absolute Gasteiger partial charge is 0.284 e. The highest BCUT2D eigenvalue weighted by atomic mass is 35.5. The van der Waals surface area contributed by atoms with Gasteiger partial charge in [-0.1, -0.05) is 47.5 Å². The number of rotatable bonds is 7. The Labute approximate surface area is 189 Å². The second kappa shape index (κ2) is 9.31. The lowest BCUT2D eigenvalue weighted by atomic mass is 10.1. The Balaban J connectivity index is 1.86. The Kier molecular flexibility index (Phi) is 6.98. The number of aromatic nitrogens is 1. The van der Waals surface area contributed by atoms with Gasteiger partial charge in [-0.05, 0) is 29.8 Å². The van der Waals surface area contributed by atoms with Gasteiger partial charge in [-0.15, -0.1) is 17.9 Å². The van der Waals surface area contributed by atoms with Gasteiger partial charge in [0.2, 0.25) is 5.91 Å². The molecule has 9 heteroatoms. The molecular weight excluding hydrogens is 463 g/mol. The Morgan fingerprint density at radius 2 is 1.80 bits per heavy atom. The van der Waals surface area contributed by atoms with Gasteiger partial charge in [-0.25, -0.2) is 13.4 Å². The third-order valence-electron chi connectivity index (χ3n) is 4.30. The molecule has 2 aromatic carbocycles. The van der Waals surface area contributed by atoms with Crippen LogP contribution in [-0.2, 0) is 21.1 Å². The molecular formula is C21H18Cl2N2O3S2. The van der Waals surface area contributed by atoms with Gasteiger partial charge in [0.25, 0.3) is 0 Å². The molecule has 0 radical (unpaired) electrons. The molecule has 1 amide bonds. The first kappa shape index (κ1) is 22.5. The quantitative estimate of drug-likeness (QED) is 0.431. The minimum absolute atomic E-state index is 0.0321. The van der Waals surface area contributed by atoms with E-state index in [1.165, 1.54) is 28.4 Å². The molecule has 0 fully saturated rings. The molecule has 0 unspecified atom stereocenters. The summed E-state index contributed by atoms with van der Waals surface area (Å²) < 4.78 is 23.3. The number of carbonyl (C=O) groups excluding carboxylic acids is 1. The molecule has 0 atom stereocenters. The van der Waals surface area contributed by atoms with E-state index in [2.05, 4.69) is 11.6 Å². The molecule has 156 valence electrons. The van der Waals surface area contributed by atoms with Crippen molar-refractivity contribution in [1.82, 2.24) is 4.98 Å². The van der Waals surface area contributed by atoms with Gasteiger partial charge in [0.05, 0.1) is 17.0 Å². The van der Waals surface area contributed by atoms with E-state index in [-0.39, 0.29) is 23.8 Å². The Morgan fingerprint density at radius 1 is 1.17 bits per heavy atom. The summed E-state index contributed by atoms with van der Waals surface area (Å²) in [5.74, 6) is -0.210. The molecule has 0 bridgehead atoms. The minimum Gasteiger partial charge on any atom is -0.284 e. The fourth-order valence-corrected chi connectivity index (χ4v) is 4.78. The smallest absolute Gasteiger partial charge is 0.233 e. The van der Waals surface area contributed by atoms with Crippen molar-refractivity contribution in [2.75, 3.05) is 17.7 Å². The number of benzene rings is 2. The SMILES string of the molecule is C=CCN(C(=O)Cc1c(Cl)cccc1Cl)c1nc(-c2ccc(S(C)(=O)=O)cc2)cs1. The molecule has 0 aliphatic rings. The van der Waals surface area contributed by atoms with E-state index in [9.17, 15) is 13.2 Å². The van der Waals surface area contributed by atoms with Crippen LogP contribution in [0.15, 0.2) is 65.4 Å². The molecule has 30 heavy (non-hydrogen) atoms. The second-order valence-corrected chi connectivity index (χ2v) is 10.1. The summed E-state index contributed by atoms with van der Waals surface area (Å²) in [4.78, 5) is 19.3. The predicted molar refractivity (Wildman–Crippen MR) is 123 cm³/mol. The summed E-state index contributed by atoms with van der Waals surface area (Å²) in [6.07, 6.45) is 2.81. The highest BCUT2D eigenvalue weighted by Gasteiger charge is 2.21. The maximum absolute atomic E-state index is 13.0. The Morgan fingerprint density at radius 3 is 2.37 bits per heavy atom. The molecule has 3 rings (SSSR count). The van der Waals surface area contributed by atoms with Crippen LogP contribution in [-0.4, -0.2) is 32.1 Å². The topological polar surface area (TPSA) is 67.3 Å². The van der Waals surface area contributed by atoms with Crippen LogP contribution in [0.2, 0.25) is 10.0 Å². The minimum atomic E-state index is -3.27. The number of amides is 1. The lowest BCUT2D eigenvalue weighted by Crippen LogP contribution is -2.32. The van der Waals surface area contributed by atoms with Crippen LogP contribution in [0.25, 0.3) is 11.3 Å². The van der Waals surface area contributed by atoms with E-state index in [0.717, 1.165) is 11.8 Å². The van der Waals surface area contributed by atoms with E-state index in [1.54, 1.807) is 36.4 Å². The van der Waals surface area contributed by atoms with Crippen LogP contribution in [0.4, 0.5) is 5.13 Å². The van der Waals surface area contributed by atoms with Crippen molar-refractivity contribution in [2.24, 2.45) is 0 Å². The number of halogens is 2. The van der Waals surface area contributed by atoms with E-state index in [0.29, 0.717) is 26.4 Å². The average Bonchev–Trinajstić information content (AvgIpc) is 3.18. The van der Waals surface area contributed by atoms with Crippen molar-refractivity contribution in [3.05, 3.63) is 76.1 Å². The van der Waals surface area contributed by atoms with Gasteiger partial charge in [0.1, 0.15) is 0 Å². The van der Waals surface area contributed by atoms with Gasteiger partial charge >= 0.3 is 0 Å². The molecule has 0 aliphatic heterocycles. The van der Waals surface area contributed by atoms with E-state index in [4.69, 9.17) is 23.2 Å². The Bertz CT molecular complexity index is 1170. The summed E-state index contributed by atoms with van der Waals surface area (Å²) in [5.41, 5.74) is 1.96. The first-order valence-electron chi connectivity index (χ1n) is 8.81.